The molecule has 1 amide bonds. The summed E-state index contributed by atoms with van der Waals surface area (Å²) >= 11 is 0. The van der Waals surface area contributed by atoms with E-state index in [4.69, 9.17) is 0 Å². The largest absolute Gasteiger partial charge is 0.326 e. The Kier molecular flexibility index (Phi) is 8.01. The molecule has 3 aromatic rings. The van der Waals surface area contributed by atoms with Gasteiger partial charge < -0.3 is 5.32 Å². The Balaban J connectivity index is 1.31. The van der Waals surface area contributed by atoms with Crippen molar-refractivity contribution < 1.29 is 21.6 Å². The smallest absolute Gasteiger partial charge is 0.261 e. The fourth-order valence-electron chi connectivity index (χ4n) is 4.30. The number of sulfonamides is 2. The van der Waals surface area contributed by atoms with E-state index in [2.05, 4.69) is 10.0 Å². The van der Waals surface area contributed by atoms with E-state index in [1.54, 1.807) is 30.3 Å². The molecule has 37 heavy (non-hydrogen) atoms. The van der Waals surface area contributed by atoms with Gasteiger partial charge in [-0.3, -0.25) is 9.52 Å². The molecule has 8 nitrogen and oxygen atoms in total. The number of rotatable bonds is 8. The number of amides is 1. The molecule has 0 saturated carbocycles. The molecule has 3 aromatic carbocycles. The summed E-state index contributed by atoms with van der Waals surface area (Å²) < 4.78 is 55.0. The molecule has 196 valence electrons. The Morgan fingerprint density at radius 1 is 0.838 bits per heavy atom. The van der Waals surface area contributed by atoms with Crippen LogP contribution in [0.15, 0.2) is 77.7 Å². The van der Waals surface area contributed by atoms with Crippen molar-refractivity contribution in [1.29, 1.82) is 0 Å². The van der Waals surface area contributed by atoms with E-state index in [0.717, 1.165) is 16.7 Å². The highest BCUT2D eigenvalue weighted by Crippen LogP contribution is 2.24. The molecule has 0 atom stereocenters. The zero-order valence-corrected chi connectivity index (χ0v) is 22.5. The van der Waals surface area contributed by atoms with Gasteiger partial charge in [-0.25, -0.2) is 21.1 Å². The molecule has 4 rings (SSSR count). The highest BCUT2D eigenvalue weighted by molar-refractivity contribution is 7.92. The lowest BCUT2D eigenvalue weighted by Crippen LogP contribution is -2.41. The van der Waals surface area contributed by atoms with Gasteiger partial charge in [0.15, 0.2) is 0 Å². The molecule has 1 saturated heterocycles. The highest BCUT2D eigenvalue weighted by atomic mass is 32.2. The lowest BCUT2D eigenvalue weighted by atomic mass is 9.97. The van der Waals surface area contributed by atoms with Crippen molar-refractivity contribution in [2.45, 2.75) is 37.3 Å². The van der Waals surface area contributed by atoms with Gasteiger partial charge in [-0.1, -0.05) is 47.5 Å². The van der Waals surface area contributed by atoms with Crippen LogP contribution in [0.25, 0.3) is 0 Å². The summed E-state index contributed by atoms with van der Waals surface area (Å²) in [6, 6.07) is 20.4. The minimum Gasteiger partial charge on any atom is -0.326 e. The van der Waals surface area contributed by atoms with Crippen LogP contribution in [0.3, 0.4) is 0 Å². The average molecular weight is 542 g/mol. The van der Waals surface area contributed by atoms with Gasteiger partial charge in [0, 0.05) is 30.4 Å². The van der Waals surface area contributed by atoms with Gasteiger partial charge in [0.1, 0.15) is 0 Å². The maximum atomic E-state index is 12.8. The summed E-state index contributed by atoms with van der Waals surface area (Å²) in [5, 5.41) is 2.82. The molecule has 1 aliphatic rings. The van der Waals surface area contributed by atoms with Crippen LogP contribution in [0.1, 0.15) is 29.5 Å². The van der Waals surface area contributed by atoms with Gasteiger partial charge >= 0.3 is 0 Å². The fourth-order valence-corrected chi connectivity index (χ4v) is 6.91. The number of carbonyl (C=O) groups is 1. The molecule has 0 radical (unpaired) electrons. The first kappa shape index (κ1) is 26.8. The van der Waals surface area contributed by atoms with Crippen molar-refractivity contribution in [2.24, 2.45) is 5.92 Å². The predicted octanol–water partition coefficient (Wildman–Crippen LogP) is 4.28. The number of aryl methyl sites for hydroxylation is 2. The quantitative estimate of drug-likeness (QED) is 0.442. The zero-order chi connectivity index (χ0) is 26.6. The van der Waals surface area contributed by atoms with Crippen molar-refractivity contribution in [2.75, 3.05) is 23.1 Å². The Morgan fingerprint density at radius 2 is 1.46 bits per heavy atom. The van der Waals surface area contributed by atoms with Crippen molar-refractivity contribution >= 4 is 37.3 Å². The third-order valence-electron chi connectivity index (χ3n) is 6.39. The number of benzene rings is 3. The fraction of sp³-hybridized carbons (Fsp3) is 0.296. The second-order valence-electron chi connectivity index (χ2n) is 9.40. The molecular formula is C27H31N3O5S2. The summed E-state index contributed by atoms with van der Waals surface area (Å²) in [7, 11) is -7.23. The van der Waals surface area contributed by atoms with E-state index >= 15 is 0 Å². The predicted molar refractivity (Wildman–Crippen MR) is 145 cm³/mol. The number of piperidine rings is 1. The van der Waals surface area contributed by atoms with E-state index in [-0.39, 0.29) is 35.6 Å². The van der Waals surface area contributed by atoms with Gasteiger partial charge in [-0.15, -0.1) is 0 Å². The molecule has 0 unspecified atom stereocenters. The molecule has 0 spiro atoms. The van der Waals surface area contributed by atoms with Crippen LogP contribution in [0.4, 0.5) is 11.4 Å². The Morgan fingerprint density at radius 3 is 2.08 bits per heavy atom. The van der Waals surface area contributed by atoms with Gasteiger partial charge in [0.2, 0.25) is 15.9 Å². The standard InChI is InChI=1S/C27H31N3O5S2/c1-20-6-8-25(9-7-20)29-37(34,35)26-12-10-24(11-13-26)28-27(31)23-14-16-30(17-15-23)36(32,33)19-22-5-3-4-21(2)18-22/h3-13,18,23,29H,14-17,19H2,1-2H3,(H,28,31). The Bertz CT molecular complexity index is 1460. The second kappa shape index (κ2) is 11.0. The summed E-state index contributed by atoms with van der Waals surface area (Å²) in [4.78, 5) is 12.9. The first-order chi connectivity index (χ1) is 17.5. The first-order valence-electron chi connectivity index (χ1n) is 12.1. The van der Waals surface area contributed by atoms with Crippen LogP contribution in [0.2, 0.25) is 0 Å². The maximum Gasteiger partial charge on any atom is 0.261 e. The Labute approximate surface area is 218 Å². The number of hydrogen-bond acceptors (Lipinski definition) is 5. The van der Waals surface area contributed by atoms with Crippen molar-refractivity contribution in [3.05, 3.63) is 89.5 Å². The van der Waals surface area contributed by atoms with Crippen LogP contribution in [0.5, 0.6) is 0 Å². The van der Waals surface area contributed by atoms with Crippen LogP contribution in [-0.2, 0) is 30.6 Å². The summed E-state index contributed by atoms with van der Waals surface area (Å²) in [6.07, 6.45) is 0.845. The van der Waals surface area contributed by atoms with Gasteiger partial charge in [0.05, 0.1) is 10.6 Å². The molecule has 0 bridgehead atoms. The van der Waals surface area contributed by atoms with E-state index in [0.29, 0.717) is 24.2 Å². The van der Waals surface area contributed by atoms with E-state index in [1.165, 1.54) is 16.4 Å². The SMILES string of the molecule is Cc1ccc(NS(=O)(=O)c2ccc(NC(=O)C3CCN(S(=O)(=O)Cc4cccc(C)c4)CC3)cc2)cc1. The van der Waals surface area contributed by atoms with E-state index in [9.17, 15) is 21.6 Å². The topological polar surface area (TPSA) is 113 Å². The maximum absolute atomic E-state index is 12.8. The first-order valence-corrected chi connectivity index (χ1v) is 15.1. The lowest BCUT2D eigenvalue weighted by Gasteiger charge is -2.30. The third kappa shape index (κ3) is 6.97. The summed E-state index contributed by atoms with van der Waals surface area (Å²) in [5.41, 5.74) is 3.73. The molecule has 2 N–H and O–H groups in total. The molecule has 10 heteroatoms. The van der Waals surface area contributed by atoms with Crippen molar-refractivity contribution in [3.63, 3.8) is 0 Å². The normalized spacial score (nSPS) is 15.3. The lowest BCUT2D eigenvalue weighted by molar-refractivity contribution is -0.120. The number of nitrogens with zero attached hydrogens (tertiary/aromatic N) is 1. The number of anilines is 2. The van der Waals surface area contributed by atoms with E-state index in [1.807, 2.05) is 44.2 Å². The minimum absolute atomic E-state index is 0.0560. The summed E-state index contributed by atoms with van der Waals surface area (Å²) in [5.74, 6) is -0.583. The van der Waals surface area contributed by atoms with Crippen LogP contribution in [-0.4, -0.2) is 40.1 Å². The number of hydrogen-bond donors (Lipinski definition) is 2. The van der Waals surface area contributed by atoms with Crippen LogP contribution in [0, 0.1) is 19.8 Å². The number of carbonyl (C=O) groups excluding carboxylic acids is 1. The third-order valence-corrected chi connectivity index (χ3v) is 9.63. The highest BCUT2D eigenvalue weighted by Gasteiger charge is 2.31. The summed E-state index contributed by atoms with van der Waals surface area (Å²) in [6.45, 7) is 4.42. The van der Waals surface area contributed by atoms with Crippen molar-refractivity contribution in [3.8, 4) is 0 Å². The molecule has 1 heterocycles. The van der Waals surface area contributed by atoms with Gasteiger partial charge in [0.25, 0.3) is 10.0 Å². The van der Waals surface area contributed by atoms with Gasteiger partial charge in [-0.05, 0) is 68.7 Å². The average Bonchev–Trinajstić information content (AvgIpc) is 2.85. The molecular weight excluding hydrogens is 510 g/mol. The van der Waals surface area contributed by atoms with E-state index < -0.39 is 20.0 Å². The zero-order valence-electron chi connectivity index (χ0n) is 20.8. The Hall–Kier alpha value is -3.21. The van der Waals surface area contributed by atoms with Crippen molar-refractivity contribution in [1.82, 2.24) is 4.31 Å². The number of nitrogens with one attached hydrogen (secondary N) is 2. The minimum atomic E-state index is -3.76. The van der Waals surface area contributed by atoms with Crippen LogP contribution >= 0.6 is 0 Å². The molecule has 0 aromatic heterocycles. The monoisotopic (exact) mass is 541 g/mol. The van der Waals surface area contributed by atoms with Gasteiger partial charge in [-0.2, -0.15) is 0 Å². The molecule has 0 aliphatic carbocycles. The second-order valence-corrected chi connectivity index (χ2v) is 13.1. The molecule has 1 aliphatic heterocycles. The molecule has 1 fully saturated rings. The van der Waals surface area contributed by atoms with Crippen LogP contribution < -0.4 is 10.0 Å².